The molecule has 1 heterocycles. The molecule has 2 aromatic carbocycles. The maximum absolute atomic E-state index is 12.4. The second-order valence-electron chi connectivity index (χ2n) is 5.65. The van der Waals surface area contributed by atoms with Crippen molar-refractivity contribution in [1.82, 2.24) is 10.2 Å². The lowest BCUT2D eigenvalue weighted by Crippen LogP contribution is -2.15. The van der Waals surface area contributed by atoms with Gasteiger partial charge in [0.25, 0.3) is 0 Å². The molecule has 0 radical (unpaired) electrons. The van der Waals surface area contributed by atoms with E-state index in [1.54, 1.807) is 7.11 Å². The van der Waals surface area contributed by atoms with Crippen molar-refractivity contribution in [3.8, 4) is 16.9 Å². The monoisotopic (exact) mass is 399 g/mol. The van der Waals surface area contributed by atoms with Gasteiger partial charge in [0.15, 0.2) is 5.82 Å². The third-order valence-electron chi connectivity index (χ3n) is 3.86. The van der Waals surface area contributed by atoms with Crippen LogP contribution in [0.5, 0.6) is 5.75 Å². The van der Waals surface area contributed by atoms with Crippen LogP contribution in [0.4, 0.5) is 5.82 Å². The fraction of sp³-hybridized carbons (Fsp3) is 0.158. The van der Waals surface area contributed by atoms with Gasteiger partial charge in [-0.3, -0.25) is 9.89 Å². The van der Waals surface area contributed by atoms with Gasteiger partial charge in [-0.25, -0.2) is 0 Å². The fourth-order valence-corrected chi connectivity index (χ4v) is 2.86. The van der Waals surface area contributed by atoms with Crippen molar-refractivity contribution in [1.29, 1.82) is 0 Å². The number of aromatic nitrogens is 2. The minimum absolute atomic E-state index is 0.116. The Morgan fingerprint density at radius 1 is 1.16 bits per heavy atom. The van der Waals surface area contributed by atoms with Crippen molar-refractivity contribution in [2.75, 3.05) is 12.4 Å². The Labute approximate surface area is 154 Å². The first-order chi connectivity index (χ1) is 12.1. The number of anilines is 1. The summed E-state index contributed by atoms with van der Waals surface area (Å²) >= 11 is 3.43. The summed E-state index contributed by atoms with van der Waals surface area (Å²) < 4.78 is 6.13. The number of nitrogens with zero attached hydrogens (tertiary/aromatic N) is 1. The van der Waals surface area contributed by atoms with Crippen LogP contribution in [0.15, 0.2) is 53.0 Å². The normalized spacial score (nSPS) is 10.5. The molecule has 0 aliphatic heterocycles. The molecule has 0 saturated carbocycles. The molecular weight excluding hydrogens is 382 g/mol. The topological polar surface area (TPSA) is 67.0 Å². The lowest BCUT2D eigenvalue weighted by molar-refractivity contribution is -0.115. The molecule has 25 heavy (non-hydrogen) atoms. The lowest BCUT2D eigenvalue weighted by Gasteiger charge is -2.07. The van der Waals surface area contributed by atoms with Gasteiger partial charge in [-0.15, -0.1) is 0 Å². The highest BCUT2D eigenvalue weighted by Crippen LogP contribution is 2.30. The SMILES string of the molecule is COc1ccc(CC(=O)Nc2n[nH]c(C)c2-c2ccc(Br)cc2)cc1. The van der Waals surface area contributed by atoms with Gasteiger partial charge >= 0.3 is 0 Å². The van der Waals surface area contributed by atoms with Gasteiger partial charge in [-0.1, -0.05) is 40.2 Å². The second kappa shape index (κ2) is 7.53. The molecule has 128 valence electrons. The van der Waals surface area contributed by atoms with Crippen LogP contribution in [0.1, 0.15) is 11.3 Å². The first kappa shape index (κ1) is 17.2. The Hall–Kier alpha value is -2.60. The summed E-state index contributed by atoms with van der Waals surface area (Å²) in [6, 6.07) is 15.3. The van der Waals surface area contributed by atoms with Gasteiger partial charge in [-0.05, 0) is 42.3 Å². The van der Waals surface area contributed by atoms with Crippen LogP contribution in [-0.4, -0.2) is 23.2 Å². The number of halogens is 1. The molecule has 0 saturated heterocycles. The molecule has 5 nitrogen and oxygen atoms in total. The molecule has 1 amide bonds. The second-order valence-corrected chi connectivity index (χ2v) is 6.57. The molecular formula is C19H18BrN3O2. The van der Waals surface area contributed by atoms with Crippen molar-refractivity contribution < 1.29 is 9.53 Å². The molecule has 0 fully saturated rings. The Morgan fingerprint density at radius 3 is 2.48 bits per heavy atom. The zero-order valence-corrected chi connectivity index (χ0v) is 15.6. The van der Waals surface area contributed by atoms with E-state index in [-0.39, 0.29) is 12.3 Å². The summed E-state index contributed by atoms with van der Waals surface area (Å²) in [7, 11) is 1.62. The predicted molar refractivity (Wildman–Crippen MR) is 102 cm³/mol. The summed E-state index contributed by atoms with van der Waals surface area (Å²) in [5.41, 5.74) is 3.71. The number of ether oxygens (including phenoxy) is 1. The van der Waals surface area contributed by atoms with Gasteiger partial charge in [0.2, 0.25) is 5.91 Å². The standard InChI is InChI=1S/C19H18BrN3O2/c1-12-18(14-5-7-15(20)8-6-14)19(23-22-12)21-17(24)11-13-3-9-16(25-2)10-4-13/h3-10H,11H2,1-2H3,(H2,21,22,23,24). The van der Waals surface area contributed by atoms with Gasteiger partial charge in [-0.2, -0.15) is 5.10 Å². The number of rotatable bonds is 5. The molecule has 0 aliphatic rings. The first-order valence-corrected chi connectivity index (χ1v) is 8.60. The number of hydrogen-bond acceptors (Lipinski definition) is 3. The molecule has 3 rings (SSSR count). The van der Waals surface area contributed by atoms with E-state index in [0.717, 1.165) is 32.6 Å². The van der Waals surface area contributed by atoms with E-state index in [0.29, 0.717) is 5.82 Å². The number of hydrogen-bond donors (Lipinski definition) is 2. The predicted octanol–water partition coefficient (Wildman–Crippen LogP) is 4.34. The number of benzene rings is 2. The van der Waals surface area contributed by atoms with E-state index in [4.69, 9.17) is 4.74 Å². The highest BCUT2D eigenvalue weighted by Gasteiger charge is 2.15. The molecule has 0 spiro atoms. The van der Waals surface area contributed by atoms with Crippen molar-refractivity contribution >= 4 is 27.7 Å². The third-order valence-corrected chi connectivity index (χ3v) is 4.39. The fourth-order valence-electron chi connectivity index (χ4n) is 2.59. The number of carbonyl (C=O) groups excluding carboxylic acids is 1. The van der Waals surface area contributed by atoms with Gasteiger partial charge in [0, 0.05) is 15.7 Å². The van der Waals surface area contributed by atoms with Crippen LogP contribution in [0.3, 0.4) is 0 Å². The zero-order valence-electron chi connectivity index (χ0n) is 14.0. The van der Waals surface area contributed by atoms with Gasteiger partial charge in [0.1, 0.15) is 5.75 Å². The Morgan fingerprint density at radius 2 is 1.84 bits per heavy atom. The number of aryl methyl sites for hydroxylation is 1. The van der Waals surface area contributed by atoms with E-state index < -0.39 is 0 Å². The zero-order chi connectivity index (χ0) is 17.8. The molecule has 1 aromatic heterocycles. The van der Waals surface area contributed by atoms with E-state index in [1.807, 2.05) is 55.5 Å². The Bertz CT molecular complexity index is 871. The number of H-pyrrole nitrogens is 1. The summed E-state index contributed by atoms with van der Waals surface area (Å²) in [5.74, 6) is 1.19. The minimum Gasteiger partial charge on any atom is -0.497 e. The van der Waals surface area contributed by atoms with Crippen LogP contribution in [0, 0.1) is 6.92 Å². The van der Waals surface area contributed by atoms with Gasteiger partial charge < -0.3 is 10.1 Å². The van der Waals surface area contributed by atoms with Crippen LogP contribution in [0.25, 0.3) is 11.1 Å². The van der Waals surface area contributed by atoms with Crippen LogP contribution in [0.2, 0.25) is 0 Å². The van der Waals surface area contributed by atoms with E-state index in [9.17, 15) is 4.79 Å². The van der Waals surface area contributed by atoms with Crippen LogP contribution >= 0.6 is 15.9 Å². The first-order valence-electron chi connectivity index (χ1n) is 7.80. The third kappa shape index (κ3) is 4.09. The highest BCUT2D eigenvalue weighted by molar-refractivity contribution is 9.10. The number of nitrogens with one attached hydrogen (secondary N) is 2. The average molecular weight is 400 g/mol. The molecule has 0 unspecified atom stereocenters. The molecule has 2 N–H and O–H groups in total. The quantitative estimate of drug-likeness (QED) is 0.670. The van der Waals surface area contributed by atoms with Crippen molar-refractivity contribution in [3.63, 3.8) is 0 Å². The number of amides is 1. The van der Waals surface area contributed by atoms with Gasteiger partial charge in [0.05, 0.1) is 13.5 Å². The van der Waals surface area contributed by atoms with Crippen LogP contribution < -0.4 is 10.1 Å². The van der Waals surface area contributed by atoms with E-state index in [1.165, 1.54) is 0 Å². The maximum Gasteiger partial charge on any atom is 0.230 e. The van der Waals surface area contributed by atoms with Crippen molar-refractivity contribution in [2.45, 2.75) is 13.3 Å². The van der Waals surface area contributed by atoms with Crippen LogP contribution in [-0.2, 0) is 11.2 Å². The highest BCUT2D eigenvalue weighted by atomic mass is 79.9. The molecule has 3 aromatic rings. The van der Waals surface area contributed by atoms with Crippen molar-refractivity contribution in [3.05, 3.63) is 64.3 Å². The van der Waals surface area contributed by atoms with E-state index >= 15 is 0 Å². The summed E-state index contributed by atoms with van der Waals surface area (Å²) in [6.07, 6.45) is 0.273. The summed E-state index contributed by atoms with van der Waals surface area (Å²) in [6.45, 7) is 1.93. The summed E-state index contributed by atoms with van der Waals surface area (Å²) in [4.78, 5) is 12.4. The Balaban J connectivity index is 1.76. The minimum atomic E-state index is -0.116. The lowest BCUT2D eigenvalue weighted by atomic mass is 10.1. The van der Waals surface area contributed by atoms with E-state index in [2.05, 4.69) is 31.4 Å². The smallest absolute Gasteiger partial charge is 0.230 e. The van der Waals surface area contributed by atoms with Crippen molar-refractivity contribution in [2.24, 2.45) is 0 Å². The average Bonchev–Trinajstić information content (AvgIpc) is 2.96. The molecule has 0 bridgehead atoms. The number of aromatic amines is 1. The number of methoxy groups -OCH3 is 1. The number of carbonyl (C=O) groups is 1. The molecule has 6 heteroatoms. The largest absolute Gasteiger partial charge is 0.497 e. The maximum atomic E-state index is 12.4. The summed E-state index contributed by atoms with van der Waals surface area (Å²) in [5, 5.41) is 10.1. The molecule has 0 aliphatic carbocycles. The molecule has 0 atom stereocenters. The Kier molecular flexibility index (Phi) is 5.19.